The fourth-order valence-corrected chi connectivity index (χ4v) is 5.59. The maximum Gasteiger partial charge on any atom is 0.416 e. The van der Waals surface area contributed by atoms with E-state index in [1.165, 1.54) is 12.1 Å². The molecule has 0 aliphatic heterocycles. The molecule has 0 spiro atoms. The first kappa shape index (κ1) is 24.9. The average molecular weight is 476 g/mol. The summed E-state index contributed by atoms with van der Waals surface area (Å²) < 4.78 is 44.8. The van der Waals surface area contributed by atoms with Gasteiger partial charge < -0.3 is 9.84 Å². The lowest BCUT2D eigenvalue weighted by Gasteiger charge is -2.37. The second-order valence-corrected chi connectivity index (χ2v) is 10.5. The normalized spacial score (nSPS) is 21.4. The highest BCUT2D eigenvalue weighted by Crippen LogP contribution is 2.48. The zero-order valence-electron chi connectivity index (χ0n) is 20.1. The largest absolute Gasteiger partial charge is 0.416 e. The van der Waals surface area contributed by atoms with Crippen molar-refractivity contribution in [1.82, 2.24) is 4.98 Å². The van der Waals surface area contributed by atoms with Gasteiger partial charge in [-0.25, -0.2) is 0 Å². The van der Waals surface area contributed by atoms with Crippen molar-refractivity contribution in [3.8, 4) is 0 Å². The maximum absolute atomic E-state index is 13.9. The van der Waals surface area contributed by atoms with Crippen LogP contribution in [-0.4, -0.2) is 23.0 Å². The predicted molar refractivity (Wildman–Crippen MR) is 123 cm³/mol. The third-order valence-corrected chi connectivity index (χ3v) is 7.31. The molecule has 1 saturated carbocycles. The number of pyridine rings is 1. The number of aliphatic hydroxyl groups excluding tert-OH is 1. The average Bonchev–Trinajstić information content (AvgIpc) is 3.30. The van der Waals surface area contributed by atoms with Gasteiger partial charge in [0.25, 0.3) is 0 Å². The smallest absolute Gasteiger partial charge is 0.388 e. The molecule has 0 saturated heterocycles. The molecular formula is C27H32F3NO3. The number of carbonyl (C=O) groups excluding carboxylic acids is 1. The molecule has 184 valence electrons. The number of hydrogen-bond donors (Lipinski definition) is 1. The minimum Gasteiger partial charge on any atom is -0.388 e. The van der Waals surface area contributed by atoms with Gasteiger partial charge in [-0.05, 0) is 61.6 Å². The number of halogens is 3. The molecule has 1 fully saturated rings. The highest BCUT2D eigenvalue weighted by atomic mass is 19.4. The zero-order chi connectivity index (χ0) is 24.8. The summed E-state index contributed by atoms with van der Waals surface area (Å²) >= 11 is 0. The Morgan fingerprint density at radius 2 is 1.76 bits per heavy atom. The first-order valence-electron chi connectivity index (χ1n) is 11.9. The van der Waals surface area contributed by atoms with Gasteiger partial charge in [-0.3, -0.25) is 9.78 Å². The number of ether oxygens (including phenoxy) is 1. The van der Waals surface area contributed by atoms with Gasteiger partial charge in [0.1, 0.15) is 0 Å². The summed E-state index contributed by atoms with van der Waals surface area (Å²) in [5.41, 5.74) is 2.49. The summed E-state index contributed by atoms with van der Waals surface area (Å²) in [6.45, 7) is 6.01. The molecule has 34 heavy (non-hydrogen) atoms. The molecule has 1 aromatic heterocycles. The van der Waals surface area contributed by atoms with Crippen LogP contribution in [0.4, 0.5) is 13.2 Å². The molecule has 0 radical (unpaired) electrons. The Morgan fingerprint density at radius 1 is 1.15 bits per heavy atom. The third kappa shape index (κ3) is 4.65. The number of hydrogen-bond acceptors (Lipinski definition) is 4. The third-order valence-electron chi connectivity index (χ3n) is 7.31. The van der Waals surface area contributed by atoms with E-state index < -0.39 is 23.9 Å². The Bertz CT molecular complexity index is 1070. The molecule has 0 bridgehead atoms. The molecule has 7 heteroatoms. The van der Waals surface area contributed by atoms with E-state index in [9.17, 15) is 23.1 Å². The summed E-state index contributed by atoms with van der Waals surface area (Å²) in [5, 5.41) is 11.2. The number of methoxy groups -OCH3 is 1. The first-order valence-corrected chi connectivity index (χ1v) is 11.9. The summed E-state index contributed by atoms with van der Waals surface area (Å²) in [7, 11) is 1.55. The van der Waals surface area contributed by atoms with E-state index in [1.807, 2.05) is 6.92 Å². The molecule has 1 aromatic carbocycles. The van der Waals surface area contributed by atoms with Crippen LogP contribution in [0, 0.1) is 5.41 Å². The molecular weight excluding hydrogens is 443 g/mol. The SMILES string of the molecule is COC(C)c1nc2c(c(C3CCCC3)c1C(=O)c1ccc(C(F)(F)F)cc1)[C@@H](O)CC(C)(C)C2. The van der Waals surface area contributed by atoms with Crippen molar-refractivity contribution in [3.63, 3.8) is 0 Å². The zero-order valence-corrected chi connectivity index (χ0v) is 20.1. The van der Waals surface area contributed by atoms with E-state index >= 15 is 0 Å². The maximum atomic E-state index is 13.9. The number of carbonyl (C=O) groups is 1. The molecule has 1 unspecified atom stereocenters. The molecule has 1 N–H and O–H groups in total. The first-order chi connectivity index (χ1) is 15.9. The van der Waals surface area contributed by atoms with Gasteiger partial charge in [0.15, 0.2) is 5.78 Å². The van der Waals surface area contributed by atoms with Crippen molar-refractivity contribution in [2.75, 3.05) is 7.11 Å². The molecule has 2 aliphatic rings. The lowest BCUT2D eigenvalue weighted by atomic mass is 9.71. The molecule has 4 nitrogen and oxygen atoms in total. The van der Waals surface area contributed by atoms with Crippen LogP contribution in [0.15, 0.2) is 24.3 Å². The Balaban J connectivity index is 1.95. The van der Waals surface area contributed by atoms with Gasteiger partial charge in [-0.2, -0.15) is 13.2 Å². The van der Waals surface area contributed by atoms with Crippen molar-refractivity contribution in [1.29, 1.82) is 0 Å². The predicted octanol–water partition coefficient (Wildman–Crippen LogP) is 6.70. The van der Waals surface area contributed by atoms with Gasteiger partial charge in [-0.1, -0.05) is 38.8 Å². The van der Waals surface area contributed by atoms with E-state index in [0.717, 1.165) is 54.6 Å². The molecule has 4 rings (SSSR count). The molecule has 1 heterocycles. The Hall–Kier alpha value is -2.25. The standard InChI is InChI=1S/C27H32F3NO3/c1-15(34-4)24-23(25(33)17-9-11-18(12-10-17)27(28,29)30)21(16-7-5-6-8-16)22-19(31-24)13-26(2,3)14-20(22)32/h9-12,15-16,20,32H,5-8,13-14H2,1-4H3/t15?,20-/m0/s1. The van der Waals surface area contributed by atoms with Crippen LogP contribution in [0.3, 0.4) is 0 Å². The van der Waals surface area contributed by atoms with E-state index in [4.69, 9.17) is 9.72 Å². The van der Waals surface area contributed by atoms with Gasteiger partial charge in [-0.15, -0.1) is 0 Å². The fourth-order valence-electron chi connectivity index (χ4n) is 5.59. The second-order valence-electron chi connectivity index (χ2n) is 10.5. The number of alkyl halides is 3. The van der Waals surface area contributed by atoms with Gasteiger partial charge in [0, 0.05) is 23.9 Å². The number of fused-ring (bicyclic) bond motifs is 1. The van der Waals surface area contributed by atoms with Crippen molar-refractivity contribution in [2.45, 2.75) is 83.6 Å². The van der Waals surface area contributed by atoms with Crippen LogP contribution in [0.5, 0.6) is 0 Å². The van der Waals surface area contributed by atoms with Crippen LogP contribution in [0.2, 0.25) is 0 Å². The van der Waals surface area contributed by atoms with Gasteiger partial charge in [0.2, 0.25) is 0 Å². The Morgan fingerprint density at radius 3 is 2.32 bits per heavy atom. The van der Waals surface area contributed by atoms with E-state index in [2.05, 4.69) is 13.8 Å². The number of aromatic nitrogens is 1. The summed E-state index contributed by atoms with van der Waals surface area (Å²) in [6.07, 6.45) is -0.586. The van der Waals surface area contributed by atoms with Crippen LogP contribution in [0.25, 0.3) is 0 Å². The lowest BCUT2D eigenvalue weighted by molar-refractivity contribution is -0.137. The summed E-state index contributed by atoms with van der Waals surface area (Å²) in [5.74, 6) is -0.273. The summed E-state index contributed by atoms with van der Waals surface area (Å²) in [4.78, 5) is 18.8. The Labute approximate surface area is 198 Å². The van der Waals surface area contributed by atoms with Gasteiger partial charge >= 0.3 is 6.18 Å². The second kappa shape index (κ2) is 9.08. The van der Waals surface area contributed by atoms with E-state index in [1.54, 1.807) is 7.11 Å². The molecule has 2 aromatic rings. The van der Waals surface area contributed by atoms with Gasteiger partial charge in [0.05, 0.1) is 29.0 Å². The summed E-state index contributed by atoms with van der Waals surface area (Å²) in [6, 6.07) is 4.32. The van der Waals surface area contributed by atoms with E-state index in [0.29, 0.717) is 24.1 Å². The topological polar surface area (TPSA) is 59.4 Å². The van der Waals surface area contributed by atoms with E-state index in [-0.39, 0.29) is 22.7 Å². The number of benzene rings is 1. The van der Waals surface area contributed by atoms with Crippen LogP contribution in [-0.2, 0) is 17.3 Å². The highest BCUT2D eigenvalue weighted by Gasteiger charge is 2.40. The quantitative estimate of drug-likeness (QED) is 0.489. The molecule has 0 amide bonds. The van der Waals surface area contributed by atoms with Crippen LogP contribution < -0.4 is 0 Å². The van der Waals surface area contributed by atoms with Crippen LogP contribution in [0.1, 0.15) is 115 Å². The molecule has 2 atom stereocenters. The minimum absolute atomic E-state index is 0.101. The lowest BCUT2D eigenvalue weighted by Crippen LogP contribution is -2.30. The number of aliphatic hydroxyl groups is 1. The van der Waals surface area contributed by atoms with Crippen molar-refractivity contribution in [3.05, 3.63) is 63.5 Å². The monoisotopic (exact) mass is 475 g/mol. The van der Waals surface area contributed by atoms with Crippen molar-refractivity contribution >= 4 is 5.78 Å². The Kier molecular flexibility index (Phi) is 6.64. The van der Waals surface area contributed by atoms with Crippen LogP contribution >= 0.6 is 0 Å². The minimum atomic E-state index is -4.48. The molecule has 2 aliphatic carbocycles. The number of nitrogens with zero attached hydrogens (tertiary/aromatic N) is 1. The van der Waals surface area contributed by atoms with Crippen molar-refractivity contribution < 1.29 is 27.8 Å². The highest BCUT2D eigenvalue weighted by molar-refractivity contribution is 6.11. The van der Waals surface area contributed by atoms with Crippen molar-refractivity contribution in [2.24, 2.45) is 5.41 Å². The fraction of sp³-hybridized carbons (Fsp3) is 0.556. The number of ketones is 1. The number of rotatable bonds is 5.